The van der Waals surface area contributed by atoms with Gasteiger partial charge in [0.2, 0.25) is 0 Å². The molecule has 0 fully saturated rings. The third-order valence-corrected chi connectivity index (χ3v) is 4.71. The fourth-order valence-electron chi connectivity index (χ4n) is 1.92. The molecule has 0 radical (unpaired) electrons. The van der Waals surface area contributed by atoms with E-state index in [4.69, 9.17) is 10.5 Å². The van der Waals surface area contributed by atoms with Gasteiger partial charge in [-0.2, -0.15) is 0 Å². The van der Waals surface area contributed by atoms with Crippen LogP contribution in [0.5, 0.6) is 5.75 Å². The zero-order valence-electron chi connectivity index (χ0n) is 10.9. The number of hydrogen-bond acceptors (Lipinski definition) is 2. The normalized spacial score (nSPS) is 12.2. The summed E-state index contributed by atoms with van der Waals surface area (Å²) in [5, 5.41) is 0. The number of ether oxygens (including phenoxy) is 1. The smallest absolute Gasteiger partial charge is 0.133 e. The van der Waals surface area contributed by atoms with Crippen molar-refractivity contribution in [1.82, 2.24) is 0 Å². The van der Waals surface area contributed by atoms with Crippen LogP contribution in [0.25, 0.3) is 0 Å². The van der Waals surface area contributed by atoms with Crippen molar-refractivity contribution < 1.29 is 4.74 Å². The Kier molecular flexibility index (Phi) is 5.66. The number of halogens is 3. The predicted octanol–water partition coefficient (Wildman–Crippen LogP) is 5.42. The molecule has 0 saturated carbocycles. The van der Waals surface area contributed by atoms with Crippen LogP contribution >= 0.6 is 47.8 Å². The summed E-state index contributed by atoms with van der Waals surface area (Å²) in [6, 6.07) is 11.8. The first-order chi connectivity index (χ1) is 9.52. The molecule has 1 unspecified atom stereocenters. The van der Waals surface area contributed by atoms with E-state index in [1.165, 1.54) is 0 Å². The zero-order chi connectivity index (χ0) is 14.7. The molecule has 0 bridgehead atoms. The van der Waals surface area contributed by atoms with Gasteiger partial charge in [0, 0.05) is 8.95 Å². The van der Waals surface area contributed by atoms with E-state index in [0.717, 1.165) is 30.3 Å². The van der Waals surface area contributed by atoms with Gasteiger partial charge in [0.15, 0.2) is 0 Å². The van der Waals surface area contributed by atoms with Crippen LogP contribution in [0.1, 0.15) is 24.1 Å². The monoisotopic (exact) mass is 461 g/mol. The topological polar surface area (TPSA) is 35.2 Å². The van der Waals surface area contributed by atoms with Crippen molar-refractivity contribution in [3.63, 3.8) is 0 Å². The Bertz CT molecular complexity index is 616. The third-order valence-electron chi connectivity index (χ3n) is 2.91. The minimum Gasteiger partial charge on any atom is -0.493 e. The molecule has 0 aromatic heterocycles. The van der Waals surface area contributed by atoms with Crippen LogP contribution in [0.4, 0.5) is 0 Å². The minimum atomic E-state index is -0.190. The molecule has 2 rings (SSSR count). The van der Waals surface area contributed by atoms with Crippen LogP contribution in [0.3, 0.4) is 0 Å². The quantitative estimate of drug-likeness (QED) is 0.657. The summed E-state index contributed by atoms with van der Waals surface area (Å²) in [6.45, 7) is 2.60. The van der Waals surface area contributed by atoms with E-state index >= 15 is 0 Å². The fourth-order valence-corrected chi connectivity index (χ4v) is 3.72. The Morgan fingerprint density at radius 3 is 2.40 bits per heavy atom. The van der Waals surface area contributed by atoms with Gasteiger partial charge in [-0.05, 0) is 58.2 Å². The molecular formula is C15H14Br3NO. The summed E-state index contributed by atoms with van der Waals surface area (Å²) in [5.41, 5.74) is 8.43. The Balaban J connectivity index is 2.33. The molecule has 0 aliphatic carbocycles. The van der Waals surface area contributed by atoms with Crippen molar-refractivity contribution in [2.75, 3.05) is 6.61 Å². The van der Waals surface area contributed by atoms with E-state index in [-0.39, 0.29) is 6.04 Å². The average Bonchev–Trinajstić information content (AvgIpc) is 2.40. The second-order valence-corrected chi connectivity index (χ2v) is 6.89. The number of hydrogen-bond donors (Lipinski definition) is 1. The second kappa shape index (κ2) is 7.07. The predicted molar refractivity (Wildman–Crippen MR) is 93.2 cm³/mol. The van der Waals surface area contributed by atoms with Crippen molar-refractivity contribution in [3.05, 3.63) is 60.9 Å². The van der Waals surface area contributed by atoms with Gasteiger partial charge in [0.1, 0.15) is 5.75 Å². The first-order valence-electron chi connectivity index (χ1n) is 6.15. The van der Waals surface area contributed by atoms with E-state index < -0.39 is 0 Å². The molecule has 0 spiro atoms. The van der Waals surface area contributed by atoms with E-state index in [1.54, 1.807) is 0 Å². The van der Waals surface area contributed by atoms with E-state index in [9.17, 15) is 0 Å². The Morgan fingerprint density at radius 1 is 1.05 bits per heavy atom. The maximum absolute atomic E-state index is 6.35. The largest absolute Gasteiger partial charge is 0.493 e. The summed E-state index contributed by atoms with van der Waals surface area (Å²) < 4.78 is 8.44. The summed E-state index contributed by atoms with van der Waals surface area (Å²) in [6.07, 6.45) is 0. The molecule has 1 atom stereocenters. The molecule has 5 heteroatoms. The van der Waals surface area contributed by atoms with E-state index in [2.05, 4.69) is 47.8 Å². The molecule has 2 N–H and O–H groups in total. The van der Waals surface area contributed by atoms with Gasteiger partial charge in [-0.3, -0.25) is 0 Å². The molecule has 106 valence electrons. The van der Waals surface area contributed by atoms with Gasteiger partial charge in [-0.25, -0.2) is 0 Å². The lowest BCUT2D eigenvalue weighted by Crippen LogP contribution is -2.12. The van der Waals surface area contributed by atoms with Crippen LogP contribution in [0, 0.1) is 0 Å². The highest BCUT2D eigenvalue weighted by molar-refractivity contribution is 9.11. The maximum Gasteiger partial charge on any atom is 0.133 e. The lowest BCUT2D eigenvalue weighted by atomic mass is 10.00. The number of rotatable bonds is 4. The molecule has 20 heavy (non-hydrogen) atoms. The van der Waals surface area contributed by atoms with Crippen molar-refractivity contribution in [1.29, 1.82) is 0 Å². The van der Waals surface area contributed by atoms with Crippen molar-refractivity contribution in [2.45, 2.75) is 13.0 Å². The molecule has 0 amide bonds. The standard InChI is InChI=1S/C15H14Br3NO/c1-2-20-14-6-3-9(7-13(14)18)15(19)11-5-4-10(16)8-12(11)17/h3-8,15H,2,19H2,1H3. The van der Waals surface area contributed by atoms with Gasteiger partial charge >= 0.3 is 0 Å². The maximum atomic E-state index is 6.35. The Labute approximate surface area is 144 Å². The highest BCUT2D eigenvalue weighted by atomic mass is 79.9. The summed E-state index contributed by atoms with van der Waals surface area (Å²) >= 11 is 10.5. The van der Waals surface area contributed by atoms with Crippen molar-refractivity contribution in [3.8, 4) is 5.75 Å². The van der Waals surface area contributed by atoms with Crippen LogP contribution in [-0.4, -0.2) is 6.61 Å². The van der Waals surface area contributed by atoms with Gasteiger partial charge in [0.25, 0.3) is 0 Å². The molecule has 2 aromatic rings. The molecule has 2 aromatic carbocycles. The molecule has 0 aliphatic heterocycles. The Hall–Kier alpha value is -0.360. The van der Waals surface area contributed by atoms with Crippen LogP contribution in [0.2, 0.25) is 0 Å². The van der Waals surface area contributed by atoms with E-state index in [0.29, 0.717) is 6.61 Å². The van der Waals surface area contributed by atoms with Crippen LogP contribution in [0.15, 0.2) is 49.8 Å². The molecule has 0 aliphatic rings. The first kappa shape index (κ1) is 16.0. The first-order valence-corrected chi connectivity index (χ1v) is 8.53. The summed E-state index contributed by atoms with van der Waals surface area (Å²) in [5.74, 6) is 0.832. The van der Waals surface area contributed by atoms with Crippen molar-refractivity contribution in [2.24, 2.45) is 5.73 Å². The lowest BCUT2D eigenvalue weighted by Gasteiger charge is -2.16. The summed E-state index contributed by atoms with van der Waals surface area (Å²) in [4.78, 5) is 0. The minimum absolute atomic E-state index is 0.190. The van der Waals surface area contributed by atoms with Gasteiger partial charge in [-0.1, -0.05) is 44.0 Å². The van der Waals surface area contributed by atoms with Gasteiger partial charge in [0.05, 0.1) is 17.1 Å². The SMILES string of the molecule is CCOc1ccc(C(N)c2ccc(Br)cc2Br)cc1Br. The third kappa shape index (κ3) is 3.64. The molecule has 0 heterocycles. The highest BCUT2D eigenvalue weighted by Gasteiger charge is 2.14. The van der Waals surface area contributed by atoms with Crippen molar-refractivity contribution >= 4 is 47.8 Å². The van der Waals surface area contributed by atoms with Gasteiger partial charge < -0.3 is 10.5 Å². The number of nitrogens with two attached hydrogens (primary N) is 1. The average molecular weight is 464 g/mol. The fraction of sp³-hybridized carbons (Fsp3) is 0.200. The van der Waals surface area contributed by atoms with Gasteiger partial charge in [-0.15, -0.1) is 0 Å². The van der Waals surface area contributed by atoms with E-state index in [1.807, 2.05) is 43.3 Å². The number of benzene rings is 2. The lowest BCUT2D eigenvalue weighted by molar-refractivity contribution is 0.338. The zero-order valence-corrected chi connectivity index (χ0v) is 15.6. The van der Waals surface area contributed by atoms with Crippen LogP contribution in [-0.2, 0) is 0 Å². The molecule has 2 nitrogen and oxygen atoms in total. The molecular weight excluding hydrogens is 450 g/mol. The molecule has 0 saturated heterocycles. The summed E-state index contributed by atoms with van der Waals surface area (Å²) in [7, 11) is 0. The van der Waals surface area contributed by atoms with Crippen LogP contribution < -0.4 is 10.5 Å². The highest BCUT2D eigenvalue weighted by Crippen LogP contribution is 2.33. The second-order valence-electron chi connectivity index (χ2n) is 4.27. The Morgan fingerprint density at radius 2 is 1.80 bits per heavy atom.